The summed E-state index contributed by atoms with van der Waals surface area (Å²) in [4.78, 5) is 11.3. The van der Waals surface area contributed by atoms with E-state index in [9.17, 15) is 4.79 Å². The summed E-state index contributed by atoms with van der Waals surface area (Å²) in [5, 5.41) is 6.39. The zero-order valence-corrected chi connectivity index (χ0v) is 9.31. The topological polar surface area (TPSA) is 41.1 Å². The van der Waals surface area contributed by atoms with Gasteiger partial charge in [-0.15, -0.1) is 0 Å². The highest BCUT2D eigenvalue weighted by Gasteiger charge is 2.13. The zero-order valence-electron chi connectivity index (χ0n) is 9.31. The van der Waals surface area contributed by atoms with Crippen molar-refractivity contribution in [2.24, 2.45) is 11.8 Å². The van der Waals surface area contributed by atoms with Crippen LogP contribution in [0.5, 0.6) is 0 Å². The van der Waals surface area contributed by atoms with Crippen molar-refractivity contribution in [1.29, 1.82) is 0 Å². The summed E-state index contributed by atoms with van der Waals surface area (Å²) in [6, 6.07) is 0. The van der Waals surface area contributed by atoms with E-state index in [0.29, 0.717) is 5.92 Å². The van der Waals surface area contributed by atoms with Gasteiger partial charge in [0.1, 0.15) is 0 Å². The van der Waals surface area contributed by atoms with Crippen LogP contribution >= 0.6 is 0 Å². The molecule has 0 radical (unpaired) electrons. The number of nitrogens with one attached hydrogen (secondary N) is 2. The van der Waals surface area contributed by atoms with Gasteiger partial charge in [0.05, 0.1) is 0 Å². The van der Waals surface area contributed by atoms with Crippen LogP contribution in [0.4, 0.5) is 0 Å². The predicted molar refractivity (Wildman–Crippen MR) is 58.1 cm³/mol. The van der Waals surface area contributed by atoms with Gasteiger partial charge in [-0.1, -0.05) is 13.8 Å². The number of rotatable bonds is 3. The summed E-state index contributed by atoms with van der Waals surface area (Å²) < 4.78 is 0. The highest BCUT2D eigenvalue weighted by atomic mass is 16.1. The largest absolute Gasteiger partial charge is 0.356 e. The molecule has 82 valence electrons. The Balaban J connectivity index is 2.19. The van der Waals surface area contributed by atoms with Gasteiger partial charge in [-0.2, -0.15) is 0 Å². The van der Waals surface area contributed by atoms with Gasteiger partial charge in [-0.3, -0.25) is 4.79 Å². The van der Waals surface area contributed by atoms with Crippen LogP contribution in [0.15, 0.2) is 0 Å². The van der Waals surface area contributed by atoms with Gasteiger partial charge in [0.25, 0.3) is 0 Å². The molecule has 1 aliphatic rings. The fourth-order valence-electron chi connectivity index (χ4n) is 1.74. The summed E-state index contributed by atoms with van der Waals surface area (Å²) in [5.41, 5.74) is 0. The third-order valence-corrected chi connectivity index (χ3v) is 2.78. The molecule has 1 amide bonds. The lowest BCUT2D eigenvalue weighted by molar-refractivity contribution is -0.124. The minimum Gasteiger partial charge on any atom is -0.356 e. The number of hydrogen-bond donors (Lipinski definition) is 2. The van der Waals surface area contributed by atoms with Crippen LogP contribution in [0.25, 0.3) is 0 Å². The van der Waals surface area contributed by atoms with Gasteiger partial charge in [0, 0.05) is 12.5 Å². The number of hydrogen-bond acceptors (Lipinski definition) is 2. The first kappa shape index (κ1) is 11.5. The molecule has 0 spiro atoms. The summed E-state index contributed by atoms with van der Waals surface area (Å²) in [6.07, 6.45) is 3.67. The van der Waals surface area contributed by atoms with Gasteiger partial charge in [-0.25, -0.2) is 0 Å². The molecular weight excluding hydrogens is 176 g/mol. The standard InChI is InChI=1S/C11H22N2O/c1-9(2)11(14)13-8-10-4-3-6-12-7-5-10/h9-10,12H,3-8H2,1-2H3,(H,13,14). The van der Waals surface area contributed by atoms with E-state index >= 15 is 0 Å². The number of carbonyl (C=O) groups excluding carboxylic acids is 1. The van der Waals surface area contributed by atoms with Gasteiger partial charge in [-0.05, 0) is 38.3 Å². The van der Waals surface area contributed by atoms with E-state index in [0.717, 1.165) is 19.6 Å². The van der Waals surface area contributed by atoms with Gasteiger partial charge >= 0.3 is 0 Å². The van der Waals surface area contributed by atoms with E-state index in [1.807, 2.05) is 13.8 Å². The molecule has 1 atom stereocenters. The molecule has 1 heterocycles. The molecule has 1 unspecified atom stereocenters. The highest BCUT2D eigenvalue weighted by molar-refractivity contribution is 5.77. The first-order valence-corrected chi connectivity index (χ1v) is 5.68. The van der Waals surface area contributed by atoms with Gasteiger partial charge < -0.3 is 10.6 Å². The molecule has 1 aliphatic heterocycles. The second-order valence-corrected chi connectivity index (χ2v) is 4.45. The SMILES string of the molecule is CC(C)C(=O)NCC1CCCNCC1. The summed E-state index contributed by atoms with van der Waals surface area (Å²) in [5.74, 6) is 0.966. The summed E-state index contributed by atoms with van der Waals surface area (Å²) >= 11 is 0. The maximum atomic E-state index is 11.3. The lowest BCUT2D eigenvalue weighted by Gasteiger charge is -2.15. The van der Waals surface area contributed by atoms with Crippen molar-refractivity contribution in [3.63, 3.8) is 0 Å². The van der Waals surface area contributed by atoms with Gasteiger partial charge in [0.15, 0.2) is 0 Å². The quantitative estimate of drug-likeness (QED) is 0.714. The molecule has 0 aliphatic carbocycles. The van der Waals surface area contributed by atoms with E-state index in [1.165, 1.54) is 19.3 Å². The molecule has 0 saturated carbocycles. The second kappa shape index (κ2) is 6.02. The van der Waals surface area contributed by atoms with E-state index in [4.69, 9.17) is 0 Å². The van der Waals surface area contributed by atoms with Crippen LogP contribution in [0, 0.1) is 11.8 Å². The first-order valence-electron chi connectivity index (χ1n) is 5.68. The molecule has 1 saturated heterocycles. The van der Waals surface area contributed by atoms with Crippen LogP contribution in [-0.4, -0.2) is 25.5 Å². The molecule has 1 fully saturated rings. The van der Waals surface area contributed by atoms with Crippen molar-refractivity contribution < 1.29 is 4.79 Å². The summed E-state index contributed by atoms with van der Waals surface area (Å²) in [7, 11) is 0. The van der Waals surface area contributed by atoms with Crippen molar-refractivity contribution in [2.75, 3.05) is 19.6 Å². The van der Waals surface area contributed by atoms with E-state index in [2.05, 4.69) is 10.6 Å². The average molecular weight is 198 g/mol. The second-order valence-electron chi connectivity index (χ2n) is 4.45. The van der Waals surface area contributed by atoms with Crippen molar-refractivity contribution >= 4 is 5.91 Å². The lowest BCUT2D eigenvalue weighted by atomic mass is 10.0. The Labute approximate surface area is 86.6 Å². The first-order chi connectivity index (χ1) is 6.70. The Hall–Kier alpha value is -0.570. The highest BCUT2D eigenvalue weighted by Crippen LogP contribution is 2.12. The molecule has 3 heteroatoms. The third-order valence-electron chi connectivity index (χ3n) is 2.78. The average Bonchev–Trinajstić information content (AvgIpc) is 2.42. The molecule has 0 aromatic carbocycles. The zero-order chi connectivity index (χ0) is 10.4. The molecule has 2 N–H and O–H groups in total. The van der Waals surface area contributed by atoms with Crippen molar-refractivity contribution in [1.82, 2.24) is 10.6 Å². The molecule has 14 heavy (non-hydrogen) atoms. The maximum absolute atomic E-state index is 11.3. The Kier molecular flexibility index (Phi) is 4.94. The molecular formula is C11H22N2O. The maximum Gasteiger partial charge on any atom is 0.222 e. The van der Waals surface area contributed by atoms with Crippen molar-refractivity contribution in [3.05, 3.63) is 0 Å². The Morgan fingerprint density at radius 2 is 2.21 bits per heavy atom. The Bertz CT molecular complexity index is 172. The number of amides is 1. The van der Waals surface area contributed by atoms with Crippen LogP contribution in [0.3, 0.4) is 0 Å². The third kappa shape index (κ3) is 4.09. The Morgan fingerprint density at radius 1 is 1.43 bits per heavy atom. The van der Waals surface area contributed by atoms with Crippen molar-refractivity contribution in [2.45, 2.75) is 33.1 Å². The lowest BCUT2D eigenvalue weighted by Crippen LogP contribution is -2.32. The van der Waals surface area contributed by atoms with E-state index in [-0.39, 0.29) is 11.8 Å². The van der Waals surface area contributed by atoms with Crippen LogP contribution < -0.4 is 10.6 Å². The fraction of sp³-hybridized carbons (Fsp3) is 0.909. The molecule has 3 nitrogen and oxygen atoms in total. The normalized spacial score (nSPS) is 23.2. The predicted octanol–water partition coefficient (Wildman–Crippen LogP) is 1.15. The minimum absolute atomic E-state index is 0.110. The smallest absolute Gasteiger partial charge is 0.222 e. The van der Waals surface area contributed by atoms with Crippen molar-refractivity contribution in [3.8, 4) is 0 Å². The van der Waals surface area contributed by atoms with Crippen LogP contribution in [-0.2, 0) is 4.79 Å². The van der Waals surface area contributed by atoms with Gasteiger partial charge in [0.2, 0.25) is 5.91 Å². The molecule has 1 rings (SSSR count). The minimum atomic E-state index is 0.110. The van der Waals surface area contributed by atoms with Crippen LogP contribution in [0.2, 0.25) is 0 Å². The number of carbonyl (C=O) groups is 1. The Morgan fingerprint density at radius 3 is 2.93 bits per heavy atom. The fourth-order valence-corrected chi connectivity index (χ4v) is 1.74. The molecule has 0 bridgehead atoms. The van der Waals surface area contributed by atoms with Crippen LogP contribution in [0.1, 0.15) is 33.1 Å². The molecule has 0 aromatic heterocycles. The monoisotopic (exact) mass is 198 g/mol. The van der Waals surface area contributed by atoms with E-state index < -0.39 is 0 Å². The summed E-state index contributed by atoms with van der Waals surface area (Å²) in [6.45, 7) is 6.96. The van der Waals surface area contributed by atoms with E-state index in [1.54, 1.807) is 0 Å². The molecule has 0 aromatic rings.